The standard InChI is InChI=1S/C16H23N7O5/c24-4-8-9(22-15(27)7-1-2-17-3-7)11(25)12(26)16(28-8)23-14-10-13(19-5-18-10)20-6-21-14/h5-9,11-12,16-17,24-26H,1-4H2,(H,22,27)(H2,18,19,20,21,23)/t7-,8-,9-,11+,12-,16-/m0/s1. The summed E-state index contributed by atoms with van der Waals surface area (Å²) in [5.41, 5.74) is 0.940. The molecule has 2 aromatic heterocycles. The molecule has 152 valence electrons. The maximum absolute atomic E-state index is 12.4. The van der Waals surface area contributed by atoms with Crippen molar-refractivity contribution in [1.29, 1.82) is 0 Å². The summed E-state index contributed by atoms with van der Waals surface area (Å²) < 4.78 is 5.73. The lowest BCUT2D eigenvalue weighted by molar-refractivity contribution is -0.185. The second-order valence-corrected chi connectivity index (χ2v) is 6.95. The summed E-state index contributed by atoms with van der Waals surface area (Å²) in [6.45, 7) is 0.861. The number of aromatic nitrogens is 4. The van der Waals surface area contributed by atoms with Crippen LogP contribution in [0.2, 0.25) is 0 Å². The highest BCUT2D eigenvalue weighted by Crippen LogP contribution is 2.25. The van der Waals surface area contributed by atoms with Crippen LogP contribution in [0.4, 0.5) is 5.82 Å². The van der Waals surface area contributed by atoms with Gasteiger partial charge < -0.3 is 41.0 Å². The molecule has 0 spiro atoms. The van der Waals surface area contributed by atoms with E-state index >= 15 is 0 Å². The van der Waals surface area contributed by atoms with E-state index < -0.39 is 37.2 Å². The number of aliphatic hydroxyl groups is 3. The lowest BCUT2D eigenvalue weighted by Gasteiger charge is -2.43. The minimum Gasteiger partial charge on any atom is -0.394 e. The van der Waals surface area contributed by atoms with E-state index in [-0.39, 0.29) is 11.8 Å². The van der Waals surface area contributed by atoms with Gasteiger partial charge in [-0.2, -0.15) is 0 Å². The Bertz CT molecular complexity index is 825. The molecule has 2 aromatic rings. The first-order valence-corrected chi connectivity index (χ1v) is 9.12. The summed E-state index contributed by atoms with van der Waals surface area (Å²) in [6, 6.07) is -0.941. The zero-order valence-corrected chi connectivity index (χ0v) is 14.9. The Morgan fingerprint density at radius 3 is 2.89 bits per heavy atom. The number of nitrogens with one attached hydrogen (secondary N) is 4. The molecule has 28 heavy (non-hydrogen) atoms. The van der Waals surface area contributed by atoms with Crippen molar-refractivity contribution < 1.29 is 24.9 Å². The third-order valence-electron chi connectivity index (χ3n) is 5.17. The van der Waals surface area contributed by atoms with E-state index in [9.17, 15) is 20.1 Å². The normalized spacial score (nSPS) is 33.1. The van der Waals surface area contributed by atoms with Gasteiger partial charge in [-0.15, -0.1) is 0 Å². The van der Waals surface area contributed by atoms with Gasteiger partial charge in [0.25, 0.3) is 0 Å². The highest BCUT2D eigenvalue weighted by atomic mass is 16.5. The molecular formula is C16H23N7O5. The number of fused-ring (bicyclic) bond motifs is 1. The van der Waals surface area contributed by atoms with Gasteiger partial charge in [0.2, 0.25) is 5.91 Å². The van der Waals surface area contributed by atoms with Crippen LogP contribution in [0.1, 0.15) is 6.42 Å². The quantitative estimate of drug-likeness (QED) is 0.283. The number of aromatic amines is 1. The third-order valence-corrected chi connectivity index (χ3v) is 5.17. The van der Waals surface area contributed by atoms with E-state index in [4.69, 9.17) is 4.74 Å². The van der Waals surface area contributed by atoms with Gasteiger partial charge in [0, 0.05) is 6.54 Å². The molecule has 12 nitrogen and oxygen atoms in total. The summed E-state index contributed by atoms with van der Waals surface area (Å²) in [6.07, 6.45) is -1.23. The van der Waals surface area contributed by atoms with Crippen molar-refractivity contribution in [3.63, 3.8) is 0 Å². The molecule has 0 aliphatic carbocycles. The van der Waals surface area contributed by atoms with E-state index in [0.29, 0.717) is 29.9 Å². The number of H-pyrrole nitrogens is 1. The third kappa shape index (κ3) is 3.52. The van der Waals surface area contributed by atoms with Crippen LogP contribution in [0.5, 0.6) is 0 Å². The molecule has 2 fully saturated rings. The monoisotopic (exact) mass is 393 g/mol. The van der Waals surface area contributed by atoms with Crippen LogP contribution in [-0.2, 0) is 9.53 Å². The molecule has 0 unspecified atom stereocenters. The lowest BCUT2D eigenvalue weighted by Crippen LogP contribution is -2.66. The van der Waals surface area contributed by atoms with E-state index in [1.807, 2.05) is 0 Å². The molecule has 4 rings (SSSR count). The Labute approximate surface area is 159 Å². The summed E-state index contributed by atoms with van der Waals surface area (Å²) in [7, 11) is 0. The van der Waals surface area contributed by atoms with Gasteiger partial charge >= 0.3 is 0 Å². The minimum absolute atomic E-state index is 0.214. The fraction of sp³-hybridized carbons (Fsp3) is 0.625. The highest BCUT2D eigenvalue weighted by molar-refractivity contribution is 5.82. The number of ether oxygens (including phenoxy) is 1. The van der Waals surface area contributed by atoms with Gasteiger partial charge in [0.15, 0.2) is 17.7 Å². The van der Waals surface area contributed by atoms with Gasteiger partial charge in [0.1, 0.15) is 30.2 Å². The topological polar surface area (TPSA) is 178 Å². The van der Waals surface area contributed by atoms with E-state index in [1.54, 1.807) is 0 Å². The van der Waals surface area contributed by atoms with E-state index in [0.717, 1.165) is 6.54 Å². The van der Waals surface area contributed by atoms with Crippen molar-refractivity contribution in [3.05, 3.63) is 12.7 Å². The number of nitrogens with zero attached hydrogens (tertiary/aromatic N) is 3. The molecule has 2 aliphatic rings. The molecule has 7 N–H and O–H groups in total. The molecule has 1 amide bonds. The fourth-order valence-corrected chi connectivity index (χ4v) is 3.59. The molecule has 0 bridgehead atoms. The Hall–Kier alpha value is -2.38. The maximum Gasteiger partial charge on any atom is 0.224 e. The average Bonchev–Trinajstić information content (AvgIpc) is 3.39. The van der Waals surface area contributed by atoms with Crippen LogP contribution >= 0.6 is 0 Å². The smallest absolute Gasteiger partial charge is 0.224 e. The zero-order valence-electron chi connectivity index (χ0n) is 14.9. The predicted octanol–water partition coefficient (Wildman–Crippen LogP) is -2.70. The predicted molar refractivity (Wildman–Crippen MR) is 96.0 cm³/mol. The van der Waals surface area contributed by atoms with Crippen LogP contribution in [0.3, 0.4) is 0 Å². The van der Waals surface area contributed by atoms with Crippen molar-refractivity contribution in [3.8, 4) is 0 Å². The first-order valence-electron chi connectivity index (χ1n) is 9.12. The number of imidazole rings is 1. The van der Waals surface area contributed by atoms with E-state index in [2.05, 4.69) is 35.9 Å². The molecule has 4 heterocycles. The van der Waals surface area contributed by atoms with Crippen molar-refractivity contribution in [2.45, 2.75) is 37.0 Å². The minimum atomic E-state index is -1.37. The van der Waals surface area contributed by atoms with Gasteiger partial charge in [0.05, 0.1) is 24.9 Å². The SMILES string of the molecule is O=C(N[C@@H]1[C@@H](O)[C@H](O)[C@@H](Nc2ncnc3nc[nH]c23)O[C@H]1CO)[C@H]1CCNC1. The van der Waals surface area contributed by atoms with Crippen LogP contribution in [0.25, 0.3) is 11.2 Å². The van der Waals surface area contributed by atoms with Crippen LogP contribution < -0.4 is 16.0 Å². The summed E-state index contributed by atoms with van der Waals surface area (Å²) in [5, 5.41) is 39.5. The average molecular weight is 393 g/mol. The van der Waals surface area contributed by atoms with Gasteiger partial charge in [-0.05, 0) is 13.0 Å². The fourth-order valence-electron chi connectivity index (χ4n) is 3.59. The van der Waals surface area contributed by atoms with Crippen molar-refractivity contribution in [2.24, 2.45) is 5.92 Å². The van der Waals surface area contributed by atoms with Gasteiger partial charge in [-0.1, -0.05) is 0 Å². The number of carbonyl (C=O) groups excluding carboxylic acids is 1. The Kier molecular flexibility index (Phi) is 5.37. The molecule has 0 aromatic carbocycles. The van der Waals surface area contributed by atoms with Crippen LogP contribution in [0.15, 0.2) is 12.7 Å². The summed E-state index contributed by atoms with van der Waals surface area (Å²) in [4.78, 5) is 27.4. The van der Waals surface area contributed by atoms with Crippen molar-refractivity contribution >= 4 is 22.9 Å². The van der Waals surface area contributed by atoms with Gasteiger partial charge in [-0.3, -0.25) is 4.79 Å². The Morgan fingerprint density at radius 1 is 1.29 bits per heavy atom. The molecule has 0 radical (unpaired) electrons. The Balaban J connectivity index is 1.48. The number of hydrogen-bond donors (Lipinski definition) is 7. The molecule has 0 saturated carbocycles. The first-order chi connectivity index (χ1) is 13.6. The Morgan fingerprint density at radius 2 is 2.14 bits per heavy atom. The number of amides is 1. The number of carbonyl (C=O) groups is 1. The number of aliphatic hydroxyl groups excluding tert-OH is 3. The van der Waals surface area contributed by atoms with Crippen molar-refractivity contribution in [2.75, 3.05) is 25.0 Å². The highest BCUT2D eigenvalue weighted by Gasteiger charge is 2.45. The molecule has 6 atom stereocenters. The second-order valence-electron chi connectivity index (χ2n) is 6.95. The molecule has 2 saturated heterocycles. The van der Waals surface area contributed by atoms with E-state index in [1.165, 1.54) is 12.7 Å². The first kappa shape index (κ1) is 19.0. The number of anilines is 1. The largest absolute Gasteiger partial charge is 0.394 e. The number of rotatable bonds is 5. The van der Waals surface area contributed by atoms with Gasteiger partial charge in [-0.25, -0.2) is 15.0 Å². The van der Waals surface area contributed by atoms with Crippen LogP contribution in [-0.4, -0.2) is 91.4 Å². The molecule has 2 aliphatic heterocycles. The summed E-state index contributed by atoms with van der Waals surface area (Å²) >= 11 is 0. The van der Waals surface area contributed by atoms with Crippen LogP contribution in [0, 0.1) is 5.92 Å². The zero-order chi connectivity index (χ0) is 19.7. The number of hydrogen-bond acceptors (Lipinski definition) is 10. The summed E-state index contributed by atoms with van der Waals surface area (Å²) in [5.74, 6) is -0.131. The van der Waals surface area contributed by atoms with Crippen molar-refractivity contribution in [1.82, 2.24) is 30.6 Å². The lowest BCUT2D eigenvalue weighted by atomic mass is 9.94. The maximum atomic E-state index is 12.4. The molecular weight excluding hydrogens is 370 g/mol. The second kappa shape index (κ2) is 7.93. The molecule has 12 heteroatoms.